The van der Waals surface area contributed by atoms with Gasteiger partial charge in [-0.05, 0) is 80.8 Å². The molecule has 2 N–H and O–H groups in total. The van der Waals surface area contributed by atoms with Crippen molar-refractivity contribution >= 4 is 22.6 Å². The highest BCUT2D eigenvalue weighted by molar-refractivity contribution is 7.82. The fourth-order valence-electron chi connectivity index (χ4n) is 4.77. The second-order valence-corrected chi connectivity index (χ2v) is 9.56. The first kappa shape index (κ1) is 18.3. The second kappa shape index (κ2) is 7.57. The van der Waals surface area contributed by atoms with Crippen molar-refractivity contribution < 1.29 is 4.21 Å². The van der Waals surface area contributed by atoms with E-state index < -0.39 is 11.0 Å². The SMILES string of the molecule is CN1CCCN(S(=O)c2nc(Nc3c4c(cc5c3CCC5)CCC4)n[nH]2)CC1. The summed E-state index contributed by atoms with van der Waals surface area (Å²) in [5, 5.41) is 11.2. The predicted octanol–water partition coefficient (Wildman–Crippen LogP) is 2.19. The number of likely N-dealkylation sites (N-methyl/N-ethyl adjacent to an activating group) is 1. The van der Waals surface area contributed by atoms with Crippen LogP contribution in [0.5, 0.6) is 0 Å². The molecular weight excluding hydrogens is 372 g/mol. The number of aromatic amines is 1. The molecule has 1 saturated heterocycles. The Hall–Kier alpha value is -1.77. The van der Waals surface area contributed by atoms with E-state index in [0.29, 0.717) is 11.1 Å². The molecule has 7 nitrogen and oxygen atoms in total. The average molecular weight is 401 g/mol. The van der Waals surface area contributed by atoms with Gasteiger partial charge < -0.3 is 10.2 Å². The second-order valence-electron chi connectivity index (χ2n) is 8.16. The van der Waals surface area contributed by atoms with Crippen LogP contribution in [0.25, 0.3) is 0 Å². The summed E-state index contributed by atoms with van der Waals surface area (Å²) in [6.07, 6.45) is 8.04. The van der Waals surface area contributed by atoms with Crippen molar-refractivity contribution in [3.05, 3.63) is 28.3 Å². The quantitative estimate of drug-likeness (QED) is 0.823. The fraction of sp³-hybridized carbons (Fsp3) is 0.600. The fourth-order valence-corrected chi connectivity index (χ4v) is 5.85. The van der Waals surface area contributed by atoms with Gasteiger partial charge in [0.25, 0.3) is 0 Å². The van der Waals surface area contributed by atoms with Gasteiger partial charge in [-0.2, -0.15) is 4.98 Å². The number of hydrogen-bond donors (Lipinski definition) is 2. The van der Waals surface area contributed by atoms with E-state index in [1.807, 2.05) is 4.31 Å². The van der Waals surface area contributed by atoms with Crippen LogP contribution in [0.1, 0.15) is 41.5 Å². The minimum Gasteiger partial charge on any atom is -0.322 e. The summed E-state index contributed by atoms with van der Waals surface area (Å²) < 4.78 is 14.9. The van der Waals surface area contributed by atoms with Crippen molar-refractivity contribution in [1.29, 1.82) is 0 Å². The molecule has 2 heterocycles. The molecule has 1 aromatic carbocycles. The standard InChI is InChI=1S/C20H28N6OS/c1-25-9-4-10-26(12-11-25)28(27)20-22-19(23-24-20)21-18-16-7-2-5-14(16)13-15-6-3-8-17(15)18/h13H,2-12H2,1H3,(H2,21,22,23,24). The van der Waals surface area contributed by atoms with Gasteiger partial charge in [0.15, 0.2) is 11.0 Å². The Morgan fingerprint density at radius 3 is 2.50 bits per heavy atom. The highest BCUT2D eigenvalue weighted by atomic mass is 32.2. The predicted molar refractivity (Wildman–Crippen MR) is 110 cm³/mol. The third-order valence-electron chi connectivity index (χ3n) is 6.25. The van der Waals surface area contributed by atoms with Crippen LogP contribution in [-0.2, 0) is 36.7 Å². The first-order valence-corrected chi connectivity index (χ1v) is 11.5. The maximum absolute atomic E-state index is 13.0. The summed E-state index contributed by atoms with van der Waals surface area (Å²) in [4.78, 5) is 6.83. The van der Waals surface area contributed by atoms with Crippen LogP contribution in [0, 0.1) is 0 Å². The Bertz CT molecular complexity index is 878. The molecule has 1 fully saturated rings. The third-order valence-corrected chi connectivity index (χ3v) is 7.60. The lowest BCUT2D eigenvalue weighted by Crippen LogP contribution is -2.31. The highest BCUT2D eigenvalue weighted by Crippen LogP contribution is 2.39. The molecule has 3 aliphatic rings. The van der Waals surface area contributed by atoms with Gasteiger partial charge in [0.2, 0.25) is 11.1 Å². The van der Waals surface area contributed by atoms with Crippen molar-refractivity contribution in [2.75, 3.05) is 38.5 Å². The summed E-state index contributed by atoms with van der Waals surface area (Å²) in [6, 6.07) is 2.42. The van der Waals surface area contributed by atoms with Crippen molar-refractivity contribution in [1.82, 2.24) is 24.4 Å². The number of rotatable bonds is 4. The number of nitrogens with zero attached hydrogens (tertiary/aromatic N) is 4. The van der Waals surface area contributed by atoms with Gasteiger partial charge in [0.05, 0.1) is 0 Å². The minimum absolute atomic E-state index is 0.441. The van der Waals surface area contributed by atoms with E-state index in [0.717, 1.165) is 45.4 Å². The molecule has 0 saturated carbocycles. The molecule has 28 heavy (non-hydrogen) atoms. The third kappa shape index (κ3) is 3.38. The van der Waals surface area contributed by atoms with Crippen LogP contribution in [0.4, 0.5) is 11.6 Å². The van der Waals surface area contributed by atoms with Crippen molar-refractivity contribution in [3.63, 3.8) is 0 Å². The summed E-state index contributed by atoms with van der Waals surface area (Å²) in [7, 11) is 0.817. The maximum Gasteiger partial charge on any atom is 0.247 e. The lowest BCUT2D eigenvalue weighted by Gasteiger charge is -2.17. The van der Waals surface area contributed by atoms with Crippen LogP contribution in [0.3, 0.4) is 0 Å². The Labute approximate surface area is 168 Å². The number of hydrogen-bond acceptors (Lipinski definition) is 5. The zero-order valence-electron chi connectivity index (χ0n) is 16.5. The molecule has 1 unspecified atom stereocenters. The molecule has 8 heteroatoms. The normalized spacial score (nSPS) is 21.3. The minimum atomic E-state index is -1.29. The molecule has 0 bridgehead atoms. The van der Waals surface area contributed by atoms with Crippen molar-refractivity contribution in [2.24, 2.45) is 0 Å². The molecule has 1 atom stereocenters. The molecule has 1 aliphatic heterocycles. The van der Waals surface area contributed by atoms with Gasteiger partial charge in [-0.25, -0.2) is 13.6 Å². The van der Waals surface area contributed by atoms with Gasteiger partial charge in [-0.15, -0.1) is 5.10 Å². The number of anilines is 2. The van der Waals surface area contributed by atoms with E-state index in [9.17, 15) is 4.21 Å². The molecule has 2 aliphatic carbocycles. The Kier molecular flexibility index (Phi) is 4.94. The van der Waals surface area contributed by atoms with E-state index in [4.69, 9.17) is 0 Å². The lowest BCUT2D eigenvalue weighted by atomic mass is 9.99. The van der Waals surface area contributed by atoms with E-state index in [-0.39, 0.29) is 0 Å². The first-order chi connectivity index (χ1) is 13.7. The van der Waals surface area contributed by atoms with Gasteiger partial charge in [-0.1, -0.05) is 6.07 Å². The lowest BCUT2D eigenvalue weighted by molar-refractivity contribution is 0.350. The molecule has 0 radical (unpaired) electrons. The van der Waals surface area contributed by atoms with Crippen molar-refractivity contribution in [2.45, 2.75) is 50.1 Å². The monoisotopic (exact) mass is 400 g/mol. The number of H-pyrrole nitrogens is 1. The van der Waals surface area contributed by atoms with Crippen molar-refractivity contribution in [3.8, 4) is 0 Å². The summed E-state index contributed by atoms with van der Waals surface area (Å²) in [5.41, 5.74) is 7.05. The molecular formula is C20H28N6OS. The number of aryl methyl sites for hydroxylation is 2. The summed E-state index contributed by atoms with van der Waals surface area (Å²) in [6.45, 7) is 3.57. The Morgan fingerprint density at radius 2 is 1.75 bits per heavy atom. The number of fused-ring (bicyclic) bond motifs is 2. The number of aromatic nitrogens is 3. The first-order valence-electron chi connectivity index (χ1n) is 10.4. The summed E-state index contributed by atoms with van der Waals surface area (Å²) >= 11 is 0. The van der Waals surface area contributed by atoms with Crippen LogP contribution in [-0.4, -0.2) is 61.8 Å². The van der Waals surface area contributed by atoms with E-state index in [1.165, 1.54) is 53.6 Å². The average Bonchev–Trinajstić information content (AvgIpc) is 3.41. The zero-order chi connectivity index (χ0) is 19.1. The largest absolute Gasteiger partial charge is 0.322 e. The molecule has 0 amide bonds. The topological polar surface area (TPSA) is 77.2 Å². The molecule has 1 aromatic heterocycles. The number of benzene rings is 1. The van der Waals surface area contributed by atoms with Gasteiger partial charge >= 0.3 is 0 Å². The van der Waals surface area contributed by atoms with Crippen LogP contribution in [0.15, 0.2) is 11.2 Å². The molecule has 2 aromatic rings. The smallest absolute Gasteiger partial charge is 0.247 e. The van der Waals surface area contributed by atoms with Crippen LogP contribution >= 0.6 is 0 Å². The van der Waals surface area contributed by atoms with E-state index >= 15 is 0 Å². The highest BCUT2D eigenvalue weighted by Gasteiger charge is 2.26. The molecule has 0 spiro atoms. The van der Waals surface area contributed by atoms with Gasteiger partial charge in [0.1, 0.15) is 0 Å². The van der Waals surface area contributed by atoms with E-state index in [2.05, 4.69) is 38.5 Å². The Morgan fingerprint density at radius 1 is 1.00 bits per heavy atom. The number of nitrogens with one attached hydrogen (secondary N) is 2. The maximum atomic E-state index is 13.0. The Balaban J connectivity index is 1.37. The van der Waals surface area contributed by atoms with Gasteiger partial charge in [-0.3, -0.25) is 0 Å². The molecule has 150 valence electrons. The van der Waals surface area contributed by atoms with Crippen LogP contribution < -0.4 is 5.32 Å². The molecule has 5 rings (SSSR count). The zero-order valence-corrected chi connectivity index (χ0v) is 17.3. The van der Waals surface area contributed by atoms with Crippen LogP contribution in [0.2, 0.25) is 0 Å². The van der Waals surface area contributed by atoms with E-state index in [1.54, 1.807) is 0 Å². The van der Waals surface area contributed by atoms with Gasteiger partial charge in [0, 0.05) is 25.3 Å². The summed E-state index contributed by atoms with van der Waals surface area (Å²) in [5.74, 6) is 0.532.